The number of hydrogen-bond donors (Lipinski definition) is 2. The first-order valence-electron chi connectivity index (χ1n) is 7.15. The van der Waals surface area contributed by atoms with Crippen molar-refractivity contribution < 1.29 is 14.7 Å². The highest BCUT2D eigenvalue weighted by Gasteiger charge is 2.36. The van der Waals surface area contributed by atoms with Gasteiger partial charge < -0.3 is 15.3 Å². The average Bonchev–Trinajstić information content (AvgIpc) is 3.28. The molecule has 1 aromatic carbocycles. The first-order chi connectivity index (χ1) is 10.0. The smallest absolute Gasteiger partial charge is 0.337 e. The maximum absolute atomic E-state index is 12.5. The molecule has 0 atom stereocenters. The van der Waals surface area contributed by atoms with Gasteiger partial charge in [-0.15, -0.1) is 0 Å². The first kappa shape index (κ1) is 14.4. The molecule has 3 rings (SSSR count). The van der Waals surface area contributed by atoms with Crippen LogP contribution in [-0.4, -0.2) is 34.6 Å². The summed E-state index contributed by atoms with van der Waals surface area (Å²) in [4.78, 5) is 25.6. The lowest BCUT2D eigenvalue weighted by Gasteiger charge is -2.23. The van der Waals surface area contributed by atoms with Crippen molar-refractivity contribution >= 4 is 33.6 Å². The van der Waals surface area contributed by atoms with Crippen molar-refractivity contribution in [3.05, 3.63) is 28.2 Å². The Balaban J connectivity index is 1.76. The maximum atomic E-state index is 12.5. The molecular weight excluding hydrogens is 336 g/mol. The van der Waals surface area contributed by atoms with Crippen LogP contribution >= 0.6 is 15.9 Å². The number of amides is 2. The molecule has 0 bridgehead atoms. The quantitative estimate of drug-likeness (QED) is 0.851. The van der Waals surface area contributed by atoms with Crippen LogP contribution in [0.4, 0.5) is 10.5 Å². The second-order valence-electron chi connectivity index (χ2n) is 5.75. The van der Waals surface area contributed by atoms with Crippen LogP contribution in [0.15, 0.2) is 22.7 Å². The lowest BCUT2D eigenvalue weighted by Crippen LogP contribution is -2.38. The van der Waals surface area contributed by atoms with Crippen LogP contribution in [-0.2, 0) is 0 Å². The minimum absolute atomic E-state index is 0.105. The zero-order valence-electron chi connectivity index (χ0n) is 11.5. The predicted molar refractivity (Wildman–Crippen MR) is 82.6 cm³/mol. The van der Waals surface area contributed by atoms with Gasteiger partial charge in [-0.3, -0.25) is 0 Å². The van der Waals surface area contributed by atoms with Crippen molar-refractivity contribution in [2.45, 2.75) is 31.7 Å². The summed E-state index contributed by atoms with van der Waals surface area (Å²) in [6.07, 6.45) is 4.47. The second-order valence-corrected chi connectivity index (χ2v) is 6.67. The molecule has 1 aromatic rings. The number of aromatic carboxylic acids is 1. The van der Waals surface area contributed by atoms with Crippen molar-refractivity contribution in [3.8, 4) is 0 Å². The molecule has 0 heterocycles. The van der Waals surface area contributed by atoms with Crippen LogP contribution in [0.3, 0.4) is 0 Å². The number of anilines is 1. The number of carboxylic acids is 1. The van der Waals surface area contributed by atoms with Crippen molar-refractivity contribution in [1.82, 2.24) is 4.90 Å². The van der Waals surface area contributed by atoms with E-state index in [-0.39, 0.29) is 11.6 Å². The number of carboxylic acid groups (broad SMARTS) is 1. The topological polar surface area (TPSA) is 69.6 Å². The predicted octanol–water partition coefficient (Wildman–Crippen LogP) is 3.55. The fraction of sp³-hybridized carbons (Fsp3) is 0.467. The number of benzene rings is 1. The minimum atomic E-state index is -1.04. The summed E-state index contributed by atoms with van der Waals surface area (Å²) < 4.78 is 0.739. The van der Waals surface area contributed by atoms with Gasteiger partial charge in [0.15, 0.2) is 0 Å². The molecule has 0 saturated heterocycles. The van der Waals surface area contributed by atoms with Gasteiger partial charge in [-0.25, -0.2) is 9.59 Å². The second kappa shape index (κ2) is 5.67. The fourth-order valence-corrected chi connectivity index (χ4v) is 2.72. The number of nitrogens with one attached hydrogen (secondary N) is 1. The largest absolute Gasteiger partial charge is 0.478 e. The van der Waals surface area contributed by atoms with Crippen LogP contribution < -0.4 is 5.32 Å². The van der Waals surface area contributed by atoms with Crippen molar-refractivity contribution in [2.24, 2.45) is 5.92 Å². The molecule has 0 spiro atoms. The molecule has 2 fully saturated rings. The van der Waals surface area contributed by atoms with E-state index in [4.69, 9.17) is 0 Å². The number of halogens is 1. The van der Waals surface area contributed by atoms with E-state index in [1.807, 2.05) is 4.90 Å². The Morgan fingerprint density at radius 3 is 2.57 bits per heavy atom. The molecule has 0 unspecified atom stereocenters. The summed E-state index contributed by atoms with van der Waals surface area (Å²) in [5.41, 5.74) is 0.442. The highest BCUT2D eigenvalue weighted by Crippen LogP contribution is 2.35. The van der Waals surface area contributed by atoms with Crippen molar-refractivity contribution in [3.63, 3.8) is 0 Å². The molecule has 2 aliphatic carbocycles. The molecule has 2 saturated carbocycles. The lowest BCUT2D eigenvalue weighted by atomic mass is 10.2. The molecule has 5 nitrogen and oxygen atoms in total. The fourth-order valence-electron chi connectivity index (χ4n) is 2.36. The van der Waals surface area contributed by atoms with Crippen LogP contribution in [0, 0.1) is 5.92 Å². The SMILES string of the molecule is O=C(O)c1ccc(Br)cc1NC(=O)N(CC1CC1)C1CC1. The third-order valence-electron chi connectivity index (χ3n) is 3.85. The van der Waals surface area contributed by atoms with Gasteiger partial charge in [-0.1, -0.05) is 15.9 Å². The van der Waals surface area contributed by atoms with E-state index < -0.39 is 5.97 Å². The number of rotatable bonds is 5. The molecular formula is C15H17BrN2O3. The van der Waals surface area contributed by atoms with Gasteiger partial charge in [0.25, 0.3) is 0 Å². The Hall–Kier alpha value is -1.56. The normalized spacial score (nSPS) is 17.4. The molecule has 0 radical (unpaired) electrons. The van der Waals surface area contributed by atoms with Crippen LogP contribution in [0.1, 0.15) is 36.0 Å². The molecule has 2 aliphatic rings. The van der Waals surface area contributed by atoms with E-state index in [0.29, 0.717) is 17.6 Å². The molecule has 112 valence electrons. The lowest BCUT2D eigenvalue weighted by molar-refractivity contribution is 0.0698. The van der Waals surface area contributed by atoms with Gasteiger partial charge in [0.2, 0.25) is 0 Å². The minimum Gasteiger partial charge on any atom is -0.478 e. The maximum Gasteiger partial charge on any atom is 0.337 e. The van der Waals surface area contributed by atoms with Crippen LogP contribution in [0.5, 0.6) is 0 Å². The molecule has 6 heteroatoms. The van der Waals surface area contributed by atoms with Crippen molar-refractivity contribution in [1.29, 1.82) is 0 Å². The summed E-state index contributed by atoms with van der Waals surface area (Å²) in [5.74, 6) is -0.421. The molecule has 0 aromatic heterocycles. The monoisotopic (exact) mass is 352 g/mol. The Bertz CT molecular complexity index is 582. The Kier molecular flexibility index (Phi) is 3.89. The average molecular weight is 353 g/mol. The molecule has 2 N–H and O–H groups in total. The van der Waals surface area contributed by atoms with E-state index in [0.717, 1.165) is 23.9 Å². The Morgan fingerprint density at radius 1 is 1.29 bits per heavy atom. The summed E-state index contributed by atoms with van der Waals surface area (Å²) in [6.45, 7) is 0.785. The number of urea groups is 1. The molecule has 2 amide bonds. The van der Waals surface area contributed by atoms with Gasteiger partial charge in [-0.2, -0.15) is 0 Å². The van der Waals surface area contributed by atoms with Gasteiger partial charge in [0.05, 0.1) is 11.3 Å². The van der Waals surface area contributed by atoms with Crippen LogP contribution in [0.2, 0.25) is 0 Å². The Morgan fingerprint density at radius 2 is 2.00 bits per heavy atom. The zero-order chi connectivity index (χ0) is 15.0. The van der Waals surface area contributed by atoms with Gasteiger partial charge in [0.1, 0.15) is 0 Å². The number of nitrogens with zero attached hydrogens (tertiary/aromatic N) is 1. The summed E-state index contributed by atoms with van der Waals surface area (Å²) in [6, 6.07) is 4.91. The number of hydrogen-bond acceptors (Lipinski definition) is 2. The summed E-state index contributed by atoms with van der Waals surface area (Å²) >= 11 is 3.31. The third kappa shape index (κ3) is 3.56. The van der Waals surface area contributed by atoms with E-state index in [2.05, 4.69) is 21.2 Å². The highest BCUT2D eigenvalue weighted by molar-refractivity contribution is 9.10. The first-order valence-corrected chi connectivity index (χ1v) is 7.94. The number of carbonyl (C=O) groups is 2. The highest BCUT2D eigenvalue weighted by atomic mass is 79.9. The molecule has 0 aliphatic heterocycles. The van der Waals surface area contributed by atoms with E-state index in [1.165, 1.54) is 18.9 Å². The van der Waals surface area contributed by atoms with Gasteiger partial charge in [-0.05, 0) is 49.8 Å². The van der Waals surface area contributed by atoms with Gasteiger partial charge in [0, 0.05) is 17.1 Å². The standard InChI is InChI=1S/C15H17BrN2O3/c16-10-3-6-12(14(19)20)13(7-10)17-15(21)18(11-4-5-11)8-9-1-2-9/h3,6-7,9,11H,1-2,4-5,8H2,(H,17,21)(H,19,20). The third-order valence-corrected chi connectivity index (χ3v) is 4.35. The van der Waals surface area contributed by atoms with E-state index in [9.17, 15) is 14.7 Å². The molecule has 21 heavy (non-hydrogen) atoms. The van der Waals surface area contributed by atoms with Crippen molar-refractivity contribution in [2.75, 3.05) is 11.9 Å². The summed E-state index contributed by atoms with van der Waals surface area (Å²) in [7, 11) is 0. The van der Waals surface area contributed by atoms with Gasteiger partial charge >= 0.3 is 12.0 Å². The summed E-state index contributed by atoms with van der Waals surface area (Å²) in [5, 5.41) is 12.0. The number of carbonyl (C=O) groups excluding carboxylic acids is 1. The van der Waals surface area contributed by atoms with Crippen LogP contribution in [0.25, 0.3) is 0 Å². The van der Waals surface area contributed by atoms with E-state index in [1.54, 1.807) is 12.1 Å². The van der Waals surface area contributed by atoms with E-state index >= 15 is 0 Å². The zero-order valence-corrected chi connectivity index (χ0v) is 13.1. The Labute approximate surface area is 131 Å².